The van der Waals surface area contributed by atoms with Crippen LogP contribution in [0.25, 0.3) is 0 Å². The minimum atomic E-state index is 0.156. The Kier molecular flexibility index (Phi) is 4.12. The Bertz CT molecular complexity index is 295. The van der Waals surface area contributed by atoms with Gasteiger partial charge in [-0.1, -0.05) is 19.1 Å². The average molecular weight is 209 g/mol. The molecule has 2 unspecified atom stereocenters. The molecule has 0 heterocycles. The maximum Gasteiger partial charge on any atom is 0.115 e. The summed E-state index contributed by atoms with van der Waals surface area (Å²) in [4.78, 5) is 2.08. The molecule has 3 heteroatoms. The summed E-state index contributed by atoms with van der Waals surface area (Å²) in [6, 6.07) is 7.32. The van der Waals surface area contributed by atoms with Crippen molar-refractivity contribution in [3.8, 4) is 5.75 Å². The van der Waals surface area contributed by atoms with Gasteiger partial charge in [0.2, 0.25) is 0 Å². The lowest BCUT2D eigenvalue weighted by atomic mass is 9.94. The highest BCUT2D eigenvalue weighted by atomic mass is 16.3. The van der Waals surface area contributed by atoms with E-state index in [2.05, 4.69) is 4.90 Å². The van der Waals surface area contributed by atoms with Gasteiger partial charge in [-0.2, -0.15) is 0 Å². The second kappa shape index (κ2) is 5.14. The fourth-order valence-electron chi connectivity index (χ4n) is 1.91. The van der Waals surface area contributed by atoms with Gasteiger partial charge in [0.1, 0.15) is 5.75 Å². The standard InChI is InChI=1S/C12H19NO2/c1-9(8-14)12(13(2)3)10-4-6-11(15)7-5-10/h4-7,9,12,14-15H,8H2,1-3H3. The molecule has 2 N–H and O–H groups in total. The Morgan fingerprint density at radius 3 is 2.13 bits per heavy atom. The predicted molar refractivity (Wildman–Crippen MR) is 60.8 cm³/mol. The zero-order valence-corrected chi connectivity index (χ0v) is 9.51. The van der Waals surface area contributed by atoms with Gasteiger partial charge in [-0.3, -0.25) is 0 Å². The Balaban J connectivity index is 2.94. The number of phenolic OH excluding ortho intramolecular Hbond substituents is 1. The molecule has 3 nitrogen and oxygen atoms in total. The summed E-state index contributed by atoms with van der Waals surface area (Å²) in [6.45, 7) is 2.17. The third-order valence-electron chi connectivity index (χ3n) is 2.62. The van der Waals surface area contributed by atoms with E-state index in [1.165, 1.54) is 0 Å². The summed E-state index contributed by atoms with van der Waals surface area (Å²) in [5.74, 6) is 0.442. The van der Waals surface area contributed by atoms with Crippen molar-refractivity contribution < 1.29 is 10.2 Å². The van der Waals surface area contributed by atoms with E-state index in [0.717, 1.165) is 5.56 Å². The summed E-state index contributed by atoms with van der Waals surface area (Å²) in [5, 5.41) is 18.4. The van der Waals surface area contributed by atoms with E-state index in [1.807, 2.05) is 33.2 Å². The average Bonchev–Trinajstić information content (AvgIpc) is 2.20. The number of nitrogens with zero attached hydrogens (tertiary/aromatic N) is 1. The van der Waals surface area contributed by atoms with Gasteiger partial charge in [-0.05, 0) is 37.7 Å². The molecule has 0 saturated carbocycles. The highest BCUT2D eigenvalue weighted by Gasteiger charge is 2.20. The summed E-state index contributed by atoms with van der Waals surface area (Å²) in [6.07, 6.45) is 0. The number of phenols is 1. The first-order valence-corrected chi connectivity index (χ1v) is 5.12. The second-order valence-corrected chi connectivity index (χ2v) is 4.16. The predicted octanol–water partition coefficient (Wildman–Crippen LogP) is 1.62. The van der Waals surface area contributed by atoms with E-state index in [0.29, 0.717) is 0 Å². The summed E-state index contributed by atoms with van der Waals surface area (Å²) >= 11 is 0. The van der Waals surface area contributed by atoms with Gasteiger partial charge >= 0.3 is 0 Å². The third-order valence-corrected chi connectivity index (χ3v) is 2.62. The Hall–Kier alpha value is -1.06. The van der Waals surface area contributed by atoms with Crippen molar-refractivity contribution in [3.05, 3.63) is 29.8 Å². The van der Waals surface area contributed by atoms with Crippen LogP contribution in [0, 0.1) is 5.92 Å². The topological polar surface area (TPSA) is 43.7 Å². The van der Waals surface area contributed by atoms with Gasteiger partial charge < -0.3 is 15.1 Å². The van der Waals surface area contributed by atoms with Gasteiger partial charge in [0.05, 0.1) is 0 Å². The van der Waals surface area contributed by atoms with Crippen LogP contribution >= 0.6 is 0 Å². The van der Waals surface area contributed by atoms with Crippen LogP contribution in [0.5, 0.6) is 5.75 Å². The summed E-state index contributed by atoms with van der Waals surface area (Å²) in [7, 11) is 3.98. The van der Waals surface area contributed by atoms with Crippen molar-refractivity contribution in [2.45, 2.75) is 13.0 Å². The first-order chi connectivity index (χ1) is 7.06. The van der Waals surface area contributed by atoms with Crippen LogP contribution in [0.2, 0.25) is 0 Å². The van der Waals surface area contributed by atoms with Crippen LogP contribution in [0.1, 0.15) is 18.5 Å². The molecular formula is C12H19NO2. The number of hydrogen-bond donors (Lipinski definition) is 2. The highest BCUT2D eigenvalue weighted by Crippen LogP contribution is 2.27. The van der Waals surface area contributed by atoms with Crippen molar-refractivity contribution in [2.75, 3.05) is 20.7 Å². The van der Waals surface area contributed by atoms with E-state index in [1.54, 1.807) is 12.1 Å². The molecule has 0 bridgehead atoms. The van der Waals surface area contributed by atoms with Gasteiger partial charge in [0.25, 0.3) is 0 Å². The van der Waals surface area contributed by atoms with Crippen molar-refractivity contribution >= 4 is 0 Å². The van der Waals surface area contributed by atoms with Crippen LogP contribution in [0.15, 0.2) is 24.3 Å². The smallest absolute Gasteiger partial charge is 0.115 e. The molecule has 0 amide bonds. The lowest BCUT2D eigenvalue weighted by molar-refractivity contribution is 0.145. The summed E-state index contributed by atoms with van der Waals surface area (Å²) in [5.41, 5.74) is 1.11. The molecule has 1 rings (SSSR count). The number of aromatic hydroxyl groups is 1. The molecule has 0 aliphatic heterocycles. The van der Waals surface area contributed by atoms with Crippen LogP contribution in [0.3, 0.4) is 0 Å². The Morgan fingerprint density at radius 2 is 1.73 bits per heavy atom. The van der Waals surface area contributed by atoms with E-state index in [4.69, 9.17) is 0 Å². The van der Waals surface area contributed by atoms with Crippen LogP contribution < -0.4 is 0 Å². The quantitative estimate of drug-likeness (QED) is 0.792. The maximum atomic E-state index is 9.21. The zero-order chi connectivity index (χ0) is 11.4. The molecule has 0 aliphatic rings. The van der Waals surface area contributed by atoms with Crippen LogP contribution in [-0.2, 0) is 0 Å². The zero-order valence-electron chi connectivity index (χ0n) is 9.51. The number of aliphatic hydroxyl groups is 1. The van der Waals surface area contributed by atoms with Crippen molar-refractivity contribution in [1.29, 1.82) is 0 Å². The lowest BCUT2D eigenvalue weighted by Gasteiger charge is -2.29. The minimum absolute atomic E-state index is 0.156. The first-order valence-electron chi connectivity index (χ1n) is 5.12. The molecule has 0 spiro atoms. The largest absolute Gasteiger partial charge is 0.508 e. The molecule has 0 aliphatic carbocycles. The highest BCUT2D eigenvalue weighted by molar-refractivity contribution is 5.28. The Labute approximate surface area is 91.0 Å². The van der Waals surface area contributed by atoms with Gasteiger partial charge in [0.15, 0.2) is 0 Å². The molecule has 0 fully saturated rings. The lowest BCUT2D eigenvalue weighted by Crippen LogP contribution is -2.27. The number of hydrogen-bond acceptors (Lipinski definition) is 3. The fourth-order valence-corrected chi connectivity index (χ4v) is 1.91. The first kappa shape index (κ1) is 12.0. The van der Waals surface area contributed by atoms with Gasteiger partial charge in [0, 0.05) is 12.6 Å². The molecule has 1 aromatic rings. The molecular weight excluding hydrogens is 190 g/mol. The molecule has 84 valence electrons. The van der Waals surface area contributed by atoms with Gasteiger partial charge in [-0.25, -0.2) is 0 Å². The summed E-state index contributed by atoms with van der Waals surface area (Å²) < 4.78 is 0. The molecule has 1 aromatic carbocycles. The molecule has 0 saturated heterocycles. The van der Waals surface area contributed by atoms with Crippen molar-refractivity contribution in [2.24, 2.45) is 5.92 Å². The molecule has 0 radical (unpaired) electrons. The number of benzene rings is 1. The molecule has 2 atom stereocenters. The number of rotatable bonds is 4. The SMILES string of the molecule is CC(CO)C(c1ccc(O)cc1)N(C)C. The molecule has 15 heavy (non-hydrogen) atoms. The van der Waals surface area contributed by atoms with E-state index >= 15 is 0 Å². The van der Waals surface area contributed by atoms with Crippen molar-refractivity contribution in [1.82, 2.24) is 4.90 Å². The van der Waals surface area contributed by atoms with E-state index < -0.39 is 0 Å². The van der Waals surface area contributed by atoms with E-state index in [-0.39, 0.29) is 24.3 Å². The molecule has 0 aromatic heterocycles. The fraction of sp³-hybridized carbons (Fsp3) is 0.500. The maximum absolute atomic E-state index is 9.21. The third kappa shape index (κ3) is 2.94. The van der Waals surface area contributed by atoms with Crippen LogP contribution in [-0.4, -0.2) is 35.8 Å². The number of aliphatic hydroxyl groups excluding tert-OH is 1. The van der Waals surface area contributed by atoms with Crippen molar-refractivity contribution in [3.63, 3.8) is 0 Å². The van der Waals surface area contributed by atoms with Crippen LogP contribution in [0.4, 0.5) is 0 Å². The minimum Gasteiger partial charge on any atom is -0.508 e. The normalized spacial score (nSPS) is 15.3. The second-order valence-electron chi connectivity index (χ2n) is 4.16. The Morgan fingerprint density at radius 1 is 1.20 bits per heavy atom. The monoisotopic (exact) mass is 209 g/mol. The van der Waals surface area contributed by atoms with Gasteiger partial charge in [-0.15, -0.1) is 0 Å². The van der Waals surface area contributed by atoms with E-state index in [9.17, 15) is 10.2 Å².